The SMILES string of the molecule is COC(=O)C1[C@H]2CC[C@@H](CN1C(=O)OC(C)(C)C)N(Cc1ccccc1)C2. The molecule has 0 saturated carbocycles. The average molecular weight is 374 g/mol. The molecule has 1 amide bonds. The summed E-state index contributed by atoms with van der Waals surface area (Å²) in [5.74, 6) is -0.305. The molecule has 0 aliphatic carbocycles. The smallest absolute Gasteiger partial charge is 0.411 e. The predicted molar refractivity (Wildman–Crippen MR) is 102 cm³/mol. The molecule has 3 aliphatic heterocycles. The van der Waals surface area contributed by atoms with Crippen LogP contribution in [0.5, 0.6) is 0 Å². The molecule has 3 aliphatic rings. The molecule has 1 unspecified atom stereocenters. The van der Waals surface area contributed by atoms with Crippen LogP contribution >= 0.6 is 0 Å². The molecular weight excluding hydrogens is 344 g/mol. The van der Waals surface area contributed by atoms with Gasteiger partial charge in [-0.15, -0.1) is 0 Å². The molecular formula is C21H30N2O4. The van der Waals surface area contributed by atoms with E-state index >= 15 is 0 Å². The standard InChI is InChI=1S/C21H30N2O4/c1-21(2,3)27-20(25)23-14-17-11-10-16(18(23)19(24)26-4)13-22(17)12-15-8-6-5-7-9-15/h5-9,16-18H,10-14H2,1-4H3/t16-,17-,18?/m0/s1. The van der Waals surface area contributed by atoms with Gasteiger partial charge in [0.15, 0.2) is 0 Å². The van der Waals surface area contributed by atoms with Gasteiger partial charge in [0, 0.05) is 31.6 Å². The lowest BCUT2D eigenvalue weighted by atomic mass is 9.89. The molecule has 3 fully saturated rings. The van der Waals surface area contributed by atoms with E-state index in [1.54, 1.807) is 4.90 Å². The third-order valence-electron chi connectivity index (χ3n) is 5.35. The molecule has 6 heteroatoms. The van der Waals surface area contributed by atoms with Crippen molar-refractivity contribution in [2.24, 2.45) is 5.92 Å². The fraction of sp³-hybridized carbons (Fsp3) is 0.619. The molecule has 0 radical (unpaired) electrons. The zero-order valence-electron chi connectivity index (χ0n) is 16.7. The summed E-state index contributed by atoms with van der Waals surface area (Å²) in [7, 11) is 1.38. The Morgan fingerprint density at radius 2 is 1.81 bits per heavy atom. The minimum atomic E-state index is -0.604. The number of esters is 1. The lowest BCUT2D eigenvalue weighted by Gasteiger charge is -2.36. The van der Waals surface area contributed by atoms with Gasteiger partial charge in [0.1, 0.15) is 11.6 Å². The first kappa shape index (κ1) is 19.7. The Morgan fingerprint density at radius 3 is 2.44 bits per heavy atom. The van der Waals surface area contributed by atoms with Crippen molar-refractivity contribution >= 4 is 12.1 Å². The average Bonchev–Trinajstić information content (AvgIpc) is 2.89. The molecule has 3 heterocycles. The number of carbonyl (C=O) groups excluding carboxylic acids is 2. The Morgan fingerprint density at radius 1 is 1.11 bits per heavy atom. The highest BCUT2D eigenvalue weighted by molar-refractivity contribution is 5.82. The van der Waals surface area contributed by atoms with Gasteiger partial charge < -0.3 is 9.47 Å². The van der Waals surface area contributed by atoms with Gasteiger partial charge >= 0.3 is 12.1 Å². The summed E-state index contributed by atoms with van der Waals surface area (Å²) in [4.78, 5) is 29.4. The van der Waals surface area contributed by atoms with Gasteiger partial charge in [0.2, 0.25) is 0 Å². The summed E-state index contributed by atoms with van der Waals surface area (Å²) in [5.41, 5.74) is 0.635. The van der Waals surface area contributed by atoms with Gasteiger partial charge in [-0.1, -0.05) is 30.3 Å². The molecule has 0 aromatic heterocycles. The van der Waals surface area contributed by atoms with Crippen molar-refractivity contribution in [3.8, 4) is 0 Å². The number of rotatable bonds is 3. The number of hydrogen-bond donors (Lipinski definition) is 0. The largest absolute Gasteiger partial charge is 0.467 e. The van der Waals surface area contributed by atoms with Gasteiger partial charge in [-0.05, 0) is 39.2 Å². The Bertz CT molecular complexity index is 671. The molecule has 1 aromatic carbocycles. The Labute approximate surface area is 161 Å². The first-order chi connectivity index (χ1) is 12.8. The van der Waals surface area contributed by atoms with Crippen molar-refractivity contribution in [3.05, 3.63) is 35.9 Å². The van der Waals surface area contributed by atoms with Gasteiger partial charge in [-0.2, -0.15) is 0 Å². The highest BCUT2D eigenvalue weighted by Crippen LogP contribution is 2.34. The van der Waals surface area contributed by atoms with E-state index in [1.807, 2.05) is 39.0 Å². The quantitative estimate of drug-likeness (QED) is 0.761. The Hall–Kier alpha value is -2.08. The van der Waals surface area contributed by atoms with E-state index in [1.165, 1.54) is 12.7 Å². The fourth-order valence-electron chi connectivity index (χ4n) is 4.15. The van der Waals surface area contributed by atoms with Crippen LogP contribution in [0.15, 0.2) is 30.3 Å². The molecule has 0 N–H and O–H groups in total. The molecule has 3 atom stereocenters. The van der Waals surface area contributed by atoms with Gasteiger partial charge in [0.05, 0.1) is 7.11 Å². The van der Waals surface area contributed by atoms with E-state index in [9.17, 15) is 9.59 Å². The Kier molecular flexibility index (Phi) is 5.75. The summed E-state index contributed by atoms with van der Waals surface area (Å²) >= 11 is 0. The second-order valence-corrected chi connectivity index (χ2v) is 8.51. The van der Waals surface area contributed by atoms with Gasteiger partial charge in [-0.3, -0.25) is 9.80 Å². The van der Waals surface area contributed by atoms with Crippen molar-refractivity contribution in [2.45, 2.75) is 57.8 Å². The maximum atomic E-state index is 12.9. The molecule has 3 saturated heterocycles. The zero-order valence-corrected chi connectivity index (χ0v) is 16.7. The van der Waals surface area contributed by atoms with Gasteiger partial charge in [-0.25, -0.2) is 9.59 Å². The van der Waals surface area contributed by atoms with Gasteiger partial charge in [0.25, 0.3) is 0 Å². The highest BCUT2D eigenvalue weighted by atomic mass is 16.6. The first-order valence-electron chi connectivity index (χ1n) is 9.64. The lowest BCUT2D eigenvalue weighted by Crippen LogP contribution is -2.50. The number of piperidine rings is 1. The fourth-order valence-corrected chi connectivity index (χ4v) is 4.15. The highest BCUT2D eigenvalue weighted by Gasteiger charge is 2.47. The van der Waals surface area contributed by atoms with Crippen LogP contribution in [0, 0.1) is 5.92 Å². The minimum Gasteiger partial charge on any atom is -0.467 e. The van der Waals surface area contributed by atoms with Crippen molar-refractivity contribution in [2.75, 3.05) is 20.2 Å². The van der Waals surface area contributed by atoms with Crippen LogP contribution < -0.4 is 0 Å². The number of carbonyl (C=O) groups is 2. The summed E-state index contributed by atoms with van der Waals surface area (Å²) in [6.07, 6.45) is 1.44. The van der Waals surface area contributed by atoms with Crippen LogP contribution in [0.1, 0.15) is 39.2 Å². The number of methoxy groups -OCH3 is 1. The molecule has 0 spiro atoms. The second-order valence-electron chi connectivity index (χ2n) is 8.51. The van der Waals surface area contributed by atoms with E-state index in [2.05, 4.69) is 17.0 Å². The first-order valence-corrected chi connectivity index (χ1v) is 9.64. The number of fused-ring (bicyclic) bond motifs is 4. The molecule has 2 bridgehead atoms. The zero-order chi connectivity index (χ0) is 19.6. The molecule has 27 heavy (non-hydrogen) atoms. The van der Waals surface area contributed by atoms with Crippen LogP contribution in [0.4, 0.5) is 4.79 Å². The van der Waals surface area contributed by atoms with Crippen molar-refractivity contribution < 1.29 is 19.1 Å². The number of benzene rings is 1. The summed E-state index contributed by atoms with van der Waals surface area (Å²) in [6, 6.07) is 9.93. The number of nitrogens with zero attached hydrogens (tertiary/aromatic N) is 2. The van der Waals surface area contributed by atoms with Crippen LogP contribution in [0.25, 0.3) is 0 Å². The van der Waals surface area contributed by atoms with E-state index in [0.29, 0.717) is 6.54 Å². The van der Waals surface area contributed by atoms with E-state index in [0.717, 1.165) is 25.9 Å². The maximum Gasteiger partial charge on any atom is 0.411 e. The van der Waals surface area contributed by atoms with Crippen molar-refractivity contribution in [1.82, 2.24) is 9.80 Å². The second kappa shape index (κ2) is 7.89. The Balaban J connectivity index is 1.84. The topological polar surface area (TPSA) is 59.1 Å². The maximum absolute atomic E-state index is 12.9. The van der Waals surface area contributed by atoms with E-state index in [4.69, 9.17) is 9.47 Å². The third-order valence-corrected chi connectivity index (χ3v) is 5.35. The molecule has 4 rings (SSSR count). The monoisotopic (exact) mass is 374 g/mol. The summed E-state index contributed by atoms with van der Waals surface area (Å²) in [5, 5.41) is 0. The van der Waals surface area contributed by atoms with Crippen LogP contribution in [-0.2, 0) is 20.8 Å². The molecule has 6 nitrogen and oxygen atoms in total. The van der Waals surface area contributed by atoms with Crippen molar-refractivity contribution in [3.63, 3.8) is 0 Å². The van der Waals surface area contributed by atoms with Crippen LogP contribution in [0.2, 0.25) is 0 Å². The summed E-state index contributed by atoms with van der Waals surface area (Å²) in [6.45, 7) is 7.60. The minimum absolute atomic E-state index is 0.0485. The number of amides is 1. The lowest BCUT2D eigenvalue weighted by molar-refractivity contribution is -0.148. The summed E-state index contributed by atoms with van der Waals surface area (Å²) < 4.78 is 10.6. The van der Waals surface area contributed by atoms with Crippen LogP contribution in [-0.4, -0.2) is 59.7 Å². The molecule has 148 valence electrons. The predicted octanol–water partition coefficient (Wildman–Crippen LogP) is 3.06. The third kappa shape index (κ3) is 4.61. The number of hydrogen-bond acceptors (Lipinski definition) is 5. The van der Waals surface area contributed by atoms with Crippen LogP contribution in [0.3, 0.4) is 0 Å². The number of ether oxygens (including phenoxy) is 2. The van der Waals surface area contributed by atoms with Crippen molar-refractivity contribution in [1.29, 1.82) is 0 Å². The van der Waals surface area contributed by atoms with E-state index < -0.39 is 17.7 Å². The van der Waals surface area contributed by atoms with E-state index in [-0.39, 0.29) is 17.9 Å². The normalized spacial score (nSPS) is 25.8. The molecule has 1 aromatic rings.